The third kappa shape index (κ3) is 4.61. The lowest BCUT2D eigenvalue weighted by Crippen LogP contribution is -2.50. The first-order valence-corrected chi connectivity index (χ1v) is 10.5. The largest absolute Gasteiger partial charge is 0.352 e. The van der Waals surface area contributed by atoms with Gasteiger partial charge in [-0.05, 0) is 31.9 Å². The Morgan fingerprint density at radius 3 is 2.54 bits per heavy atom. The van der Waals surface area contributed by atoms with Crippen LogP contribution in [0.2, 0.25) is 0 Å². The molecule has 1 aliphatic heterocycles. The van der Waals surface area contributed by atoms with Gasteiger partial charge in [-0.25, -0.2) is 4.98 Å². The molecule has 1 saturated heterocycles. The maximum absolute atomic E-state index is 12.2. The molecule has 6 heteroatoms. The zero-order chi connectivity index (χ0) is 18.5. The summed E-state index contributed by atoms with van der Waals surface area (Å²) in [6.07, 6.45) is 1.99. The maximum atomic E-state index is 12.2. The maximum Gasteiger partial charge on any atom is 0.234 e. The van der Waals surface area contributed by atoms with E-state index >= 15 is 0 Å². The first-order valence-electron chi connectivity index (χ1n) is 9.72. The van der Waals surface area contributed by atoms with Gasteiger partial charge >= 0.3 is 0 Å². The van der Waals surface area contributed by atoms with E-state index in [1.807, 2.05) is 6.07 Å². The topological polar surface area (TPSA) is 48.5 Å². The molecule has 1 fully saturated rings. The van der Waals surface area contributed by atoms with Crippen molar-refractivity contribution >= 4 is 27.5 Å². The van der Waals surface area contributed by atoms with E-state index in [4.69, 9.17) is 4.98 Å². The second kappa shape index (κ2) is 8.93. The number of nitrogens with zero attached hydrogens (tertiary/aromatic N) is 3. The Labute approximate surface area is 160 Å². The molecule has 1 amide bonds. The van der Waals surface area contributed by atoms with Crippen molar-refractivity contribution in [3.05, 3.63) is 29.3 Å². The van der Waals surface area contributed by atoms with Gasteiger partial charge in [-0.2, -0.15) is 0 Å². The van der Waals surface area contributed by atoms with Crippen LogP contribution in [0.4, 0.5) is 0 Å². The van der Waals surface area contributed by atoms with E-state index in [1.54, 1.807) is 11.3 Å². The molecular formula is C20H30N4OS. The third-order valence-electron chi connectivity index (χ3n) is 5.34. The number of aromatic nitrogens is 1. The summed E-state index contributed by atoms with van der Waals surface area (Å²) in [5, 5.41) is 4.32. The standard InChI is InChI=1S/C20H30N4OS/c1-4-16(5-2)21-19(25)14-23-10-12-24(13-11-23)15(3)20-22-17-8-6-7-9-18(17)26-20/h6-9,15-16H,4-5,10-14H2,1-3H3,(H,21,25). The average Bonchev–Trinajstić information content (AvgIpc) is 3.10. The monoisotopic (exact) mass is 374 g/mol. The van der Waals surface area contributed by atoms with Crippen molar-refractivity contribution in [1.29, 1.82) is 0 Å². The predicted molar refractivity (Wildman–Crippen MR) is 109 cm³/mol. The lowest BCUT2D eigenvalue weighted by atomic mass is 10.1. The Bertz CT molecular complexity index is 686. The molecule has 1 N–H and O–H groups in total. The lowest BCUT2D eigenvalue weighted by molar-refractivity contribution is -0.123. The number of benzene rings is 1. The molecule has 0 bridgehead atoms. The van der Waals surface area contributed by atoms with Gasteiger partial charge < -0.3 is 5.32 Å². The minimum Gasteiger partial charge on any atom is -0.352 e. The summed E-state index contributed by atoms with van der Waals surface area (Å²) in [5.41, 5.74) is 1.09. The number of hydrogen-bond donors (Lipinski definition) is 1. The first-order chi connectivity index (χ1) is 12.6. The van der Waals surface area contributed by atoms with Crippen LogP contribution < -0.4 is 5.32 Å². The summed E-state index contributed by atoms with van der Waals surface area (Å²) in [6.45, 7) is 10.8. The number of piperazine rings is 1. The van der Waals surface area contributed by atoms with Crippen molar-refractivity contribution in [2.75, 3.05) is 32.7 Å². The van der Waals surface area contributed by atoms with Crippen LogP contribution in [-0.4, -0.2) is 59.5 Å². The Morgan fingerprint density at radius 2 is 1.88 bits per heavy atom. The highest BCUT2D eigenvalue weighted by Gasteiger charge is 2.25. The number of carbonyl (C=O) groups excluding carboxylic acids is 1. The zero-order valence-corrected chi connectivity index (χ0v) is 16.9. The minimum absolute atomic E-state index is 0.159. The zero-order valence-electron chi connectivity index (χ0n) is 16.1. The summed E-state index contributed by atoms with van der Waals surface area (Å²) >= 11 is 1.79. The molecule has 26 heavy (non-hydrogen) atoms. The molecule has 0 aliphatic carbocycles. The molecule has 1 atom stereocenters. The molecule has 3 rings (SSSR count). The van der Waals surface area contributed by atoms with Crippen molar-refractivity contribution in [2.45, 2.75) is 45.7 Å². The van der Waals surface area contributed by atoms with E-state index in [-0.39, 0.29) is 5.91 Å². The normalized spacial score (nSPS) is 17.7. The second-order valence-electron chi connectivity index (χ2n) is 7.09. The minimum atomic E-state index is 0.159. The molecule has 1 unspecified atom stereocenters. The predicted octanol–water partition coefficient (Wildman–Crippen LogP) is 3.28. The Hall–Kier alpha value is -1.50. The number of thiazole rings is 1. The molecule has 2 aromatic rings. The number of rotatable bonds is 7. The molecule has 0 spiro atoms. The van der Waals surface area contributed by atoms with E-state index in [2.05, 4.69) is 54.1 Å². The molecule has 2 heterocycles. The Balaban J connectivity index is 1.50. The molecule has 0 saturated carbocycles. The van der Waals surface area contributed by atoms with E-state index < -0.39 is 0 Å². The van der Waals surface area contributed by atoms with E-state index in [0.29, 0.717) is 18.6 Å². The van der Waals surface area contributed by atoms with Gasteiger partial charge in [-0.3, -0.25) is 14.6 Å². The van der Waals surface area contributed by atoms with Gasteiger partial charge in [0, 0.05) is 32.2 Å². The van der Waals surface area contributed by atoms with E-state index in [9.17, 15) is 4.79 Å². The summed E-state index contributed by atoms with van der Waals surface area (Å²) in [4.78, 5) is 21.7. The van der Waals surface area contributed by atoms with Gasteiger partial charge in [-0.15, -0.1) is 11.3 Å². The quantitative estimate of drug-likeness (QED) is 0.808. The van der Waals surface area contributed by atoms with Crippen LogP contribution in [0.25, 0.3) is 10.2 Å². The first kappa shape index (κ1) is 19.3. The molecule has 5 nitrogen and oxygen atoms in total. The Morgan fingerprint density at radius 1 is 1.19 bits per heavy atom. The number of hydrogen-bond acceptors (Lipinski definition) is 5. The van der Waals surface area contributed by atoms with Crippen LogP contribution >= 0.6 is 11.3 Å². The van der Waals surface area contributed by atoms with Crippen molar-refractivity contribution in [3.63, 3.8) is 0 Å². The lowest BCUT2D eigenvalue weighted by Gasteiger charge is -2.37. The molecule has 0 radical (unpaired) electrons. The van der Waals surface area contributed by atoms with Gasteiger partial charge in [-0.1, -0.05) is 26.0 Å². The smallest absolute Gasteiger partial charge is 0.234 e. The van der Waals surface area contributed by atoms with E-state index in [0.717, 1.165) is 44.5 Å². The summed E-state index contributed by atoms with van der Waals surface area (Å²) < 4.78 is 1.26. The third-order valence-corrected chi connectivity index (χ3v) is 6.55. The highest BCUT2D eigenvalue weighted by molar-refractivity contribution is 7.18. The van der Waals surface area contributed by atoms with Crippen LogP contribution in [0, 0.1) is 0 Å². The highest BCUT2D eigenvalue weighted by Crippen LogP contribution is 2.29. The average molecular weight is 375 g/mol. The van der Waals surface area contributed by atoms with Crippen LogP contribution in [-0.2, 0) is 4.79 Å². The van der Waals surface area contributed by atoms with Crippen LogP contribution in [0.15, 0.2) is 24.3 Å². The summed E-state index contributed by atoms with van der Waals surface area (Å²) in [6, 6.07) is 8.97. The Kier molecular flexibility index (Phi) is 6.62. The van der Waals surface area contributed by atoms with Gasteiger partial charge in [0.25, 0.3) is 0 Å². The van der Waals surface area contributed by atoms with Gasteiger partial charge in [0.2, 0.25) is 5.91 Å². The number of carbonyl (C=O) groups is 1. The second-order valence-corrected chi connectivity index (χ2v) is 8.15. The molecule has 1 aliphatic rings. The highest BCUT2D eigenvalue weighted by atomic mass is 32.1. The van der Waals surface area contributed by atoms with Crippen LogP contribution in [0.1, 0.15) is 44.7 Å². The van der Waals surface area contributed by atoms with E-state index in [1.165, 1.54) is 9.71 Å². The SMILES string of the molecule is CCC(CC)NC(=O)CN1CCN(C(C)c2nc3ccccc3s2)CC1. The number of fused-ring (bicyclic) bond motifs is 1. The number of nitrogens with one attached hydrogen (secondary N) is 1. The fourth-order valence-corrected chi connectivity index (χ4v) is 4.56. The van der Waals surface area contributed by atoms with Gasteiger partial charge in [0.05, 0.1) is 22.8 Å². The molecular weight excluding hydrogens is 344 g/mol. The summed E-state index contributed by atoms with van der Waals surface area (Å²) in [5.74, 6) is 0.159. The number of amides is 1. The van der Waals surface area contributed by atoms with Gasteiger partial charge in [0.1, 0.15) is 5.01 Å². The number of para-hydroxylation sites is 1. The van der Waals surface area contributed by atoms with Crippen molar-refractivity contribution in [3.8, 4) is 0 Å². The molecule has 1 aromatic carbocycles. The molecule has 142 valence electrons. The summed E-state index contributed by atoms with van der Waals surface area (Å²) in [7, 11) is 0. The van der Waals surface area contributed by atoms with Crippen LogP contribution in [0.3, 0.4) is 0 Å². The van der Waals surface area contributed by atoms with Gasteiger partial charge in [0.15, 0.2) is 0 Å². The van der Waals surface area contributed by atoms with Crippen molar-refractivity contribution < 1.29 is 4.79 Å². The molecule has 1 aromatic heterocycles. The fourth-order valence-electron chi connectivity index (χ4n) is 3.50. The fraction of sp³-hybridized carbons (Fsp3) is 0.600. The van der Waals surface area contributed by atoms with Crippen molar-refractivity contribution in [2.24, 2.45) is 0 Å². The van der Waals surface area contributed by atoms with Crippen LogP contribution in [0.5, 0.6) is 0 Å². The van der Waals surface area contributed by atoms with Crippen molar-refractivity contribution in [1.82, 2.24) is 20.1 Å².